The molecule has 3 aliphatic rings. The van der Waals surface area contributed by atoms with Crippen molar-refractivity contribution >= 4 is 36.0 Å². The molecule has 1 aliphatic carbocycles. The van der Waals surface area contributed by atoms with Crippen LogP contribution in [-0.2, 0) is 32.6 Å². The summed E-state index contributed by atoms with van der Waals surface area (Å²) in [6.07, 6.45) is 4.57. The Morgan fingerprint density at radius 2 is 1.87 bits per heavy atom. The summed E-state index contributed by atoms with van der Waals surface area (Å²) in [5.41, 5.74) is 0.554. The van der Waals surface area contributed by atoms with Crippen LogP contribution in [0.25, 0.3) is 11.0 Å². The van der Waals surface area contributed by atoms with Gasteiger partial charge in [-0.05, 0) is 52.1 Å². The van der Waals surface area contributed by atoms with Gasteiger partial charge in [0.15, 0.2) is 17.7 Å². The predicted octanol–water partition coefficient (Wildman–Crippen LogP) is 4.53. The Bertz CT molecular complexity index is 1150. The molecule has 5 rings (SSSR count). The minimum Gasteiger partial charge on any atom is -0.378 e. The van der Waals surface area contributed by atoms with Crippen LogP contribution < -0.4 is 5.32 Å². The van der Waals surface area contributed by atoms with Crippen LogP contribution in [-0.4, -0.2) is 82.5 Å². The van der Waals surface area contributed by atoms with E-state index in [4.69, 9.17) is 39.6 Å². The molecular formula is C24H37ClN5O7P. The fraction of sp³-hybridized carbons (Fsp3) is 0.792. The molecule has 0 radical (unpaired) electrons. The monoisotopic (exact) mass is 573 g/mol. The number of nitrogens with zero attached hydrogens (tertiary/aromatic N) is 4. The minimum absolute atomic E-state index is 0.131. The molecule has 2 aromatic heterocycles. The number of rotatable bonds is 12. The molecule has 1 saturated carbocycles. The van der Waals surface area contributed by atoms with Crippen molar-refractivity contribution < 1.29 is 32.6 Å². The number of fused-ring (bicyclic) bond motifs is 2. The van der Waals surface area contributed by atoms with E-state index in [1.54, 1.807) is 24.7 Å². The van der Waals surface area contributed by atoms with Gasteiger partial charge in [0.25, 0.3) is 0 Å². The lowest BCUT2D eigenvalue weighted by Crippen LogP contribution is -2.33. The average molecular weight is 574 g/mol. The maximum atomic E-state index is 12.7. The van der Waals surface area contributed by atoms with Gasteiger partial charge < -0.3 is 33.3 Å². The molecule has 2 aliphatic heterocycles. The molecule has 0 amide bonds. The zero-order chi connectivity index (χ0) is 26.9. The van der Waals surface area contributed by atoms with Gasteiger partial charge in [-0.15, -0.1) is 0 Å². The van der Waals surface area contributed by atoms with Gasteiger partial charge in [0.2, 0.25) is 5.28 Å². The second-order valence-electron chi connectivity index (χ2n) is 10.2. The van der Waals surface area contributed by atoms with Crippen molar-refractivity contribution in [1.29, 1.82) is 0 Å². The molecule has 2 aromatic rings. The van der Waals surface area contributed by atoms with Crippen LogP contribution in [0.5, 0.6) is 0 Å². The molecule has 212 valence electrons. The van der Waals surface area contributed by atoms with E-state index in [0.717, 1.165) is 18.2 Å². The first kappa shape index (κ1) is 28.2. The van der Waals surface area contributed by atoms with E-state index in [9.17, 15) is 4.57 Å². The third kappa shape index (κ3) is 6.02. The van der Waals surface area contributed by atoms with E-state index < -0.39 is 37.9 Å². The van der Waals surface area contributed by atoms with Crippen molar-refractivity contribution in [3.8, 4) is 0 Å². The van der Waals surface area contributed by atoms with Crippen molar-refractivity contribution in [2.45, 2.75) is 89.7 Å². The standard InChI is InChI=1S/C24H37ClN5O7P/c1-5-33-38(31,34-6-2)12-11-32-14-17-18-19(37-24(3,4)36-18)22(35-17)30-21-16(13-26-30)20(28-23(25)29-21)27-15-9-7-8-10-15/h13,15,17-19,22H,5-12,14H2,1-4H3,(H,27,28,29)/t17-,18-,19-,22-/m1/s1. The Hall–Kier alpha value is -1.37. The highest BCUT2D eigenvalue weighted by Gasteiger charge is 2.56. The van der Waals surface area contributed by atoms with Crippen molar-refractivity contribution in [1.82, 2.24) is 19.7 Å². The highest BCUT2D eigenvalue weighted by Crippen LogP contribution is 2.48. The van der Waals surface area contributed by atoms with Gasteiger partial charge in [-0.2, -0.15) is 15.1 Å². The molecule has 1 N–H and O–H groups in total. The van der Waals surface area contributed by atoms with Crippen molar-refractivity contribution in [3.63, 3.8) is 0 Å². The van der Waals surface area contributed by atoms with Crippen LogP contribution in [0, 0.1) is 0 Å². The number of halogens is 1. The van der Waals surface area contributed by atoms with Crippen LogP contribution in [0.2, 0.25) is 5.28 Å². The quantitative estimate of drug-likeness (QED) is 0.218. The largest absolute Gasteiger partial charge is 0.378 e. The van der Waals surface area contributed by atoms with E-state index in [2.05, 4.69) is 20.4 Å². The first-order chi connectivity index (χ1) is 18.2. The molecule has 0 aromatic carbocycles. The topological polar surface area (TPSA) is 128 Å². The normalized spacial score (nSPS) is 27.4. The van der Waals surface area contributed by atoms with Gasteiger partial charge >= 0.3 is 7.60 Å². The smallest absolute Gasteiger partial charge is 0.332 e. The van der Waals surface area contributed by atoms with E-state index in [1.165, 1.54) is 12.8 Å². The zero-order valence-electron chi connectivity index (χ0n) is 22.3. The Kier molecular flexibility index (Phi) is 8.62. The third-order valence-corrected chi connectivity index (χ3v) is 9.13. The molecule has 4 atom stereocenters. The molecule has 38 heavy (non-hydrogen) atoms. The molecule has 14 heteroatoms. The van der Waals surface area contributed by atoms with Gasteiger partial charge in [-0.1, -0.05) is 12.8 Å². The predicted molar refractivity (Wildman–Crippen MR) is 140 cm³/mol. The van der Waals surface area contributed by atoms with Crippen molar-refractivity contribution in [3.05, 3.63) is 11.5 Å². The van der Waals surface area contributed by atoms with E-state index >= 15 is 0 Å². The van der Waals surface area contributed by atoms with E-state index in [-0.39, 0.29) is 24.7 Å². The fourth-order valence-corrected chi connectivity index (χ4v) is 7.02. The van der Waals surface area contributed by atoms with Crippen LogP contribution in [0.4, 0.5) is 5.82 Å². The lowest BCUT2D eigenvalue weighted by molar-refractivity contribution is -0.202. The summed E-state index contributed by atoms with van der Waals surface area (Å²) in [4.78, 5) is 8.91. The minimum atomic E-state index is -3.19. The van der Waals surface area contributed by atoms with Crippen molar-refractivity contribution in [2.75, 3.05) is 37.9 Å². The highest BCUT2D eigenvalue weighted by molar-refractivity contribution is 7.53. The Morgan fingerprint density at radius 3 is 2.58 bits per heavy atom. The molecule has 0 unspecified atom stereocenters. The van der Waals surface area contributed by atoms with Gasteiger partial charge in [-0.25, -0.2) is 4.68 Å². The van der Waals surface area contributed by atoms with Crippen LogP contribution in [0.15, 0.2) is 6.20 Å². The van der Waals surface area contributed by atoms with Crippen LogP contribution in [0.1, 0.15) is 59.6 Å². The molecular weight excluding hydrogens is 537 g/mol. The first-order valence-electron chi connectivity index (χ1n) is 13.4. The molecule has 4 heterocycles. The maximum absolute atomic E-state index is 12.7. The molecule has 3 fully saturated rings. The number of ether oxygens (including phenoxy) is 4. The number of hydrogen-bond acceptors (Lipinski definition) is 11. The van der Waals surface area contributed by atoms with Gasteiger partial charge in [0.1, 0.15) is 24.1 Å². The Labute approximate surface area is 227 Å². The van der Waals surface area contributed by atoms with E-state index in [1.807, 2.05) is 13.8 Å². The van der Waals surface area contributed by atoms with Crippen LogP contribution in [0.3, 0.4) is 0 Å². The summed E-state index contributed by atoms with van der Waals surface area (Å²) >= 11 is 6.33. The average Bonchev–Trinajstić information content (AvgIpc) is 3.62. The zero-order valence-corrected chi connectivity index (χ0v) is 24.0. The summed E-state index contributed by atoms with van der Waals surface area (Å²) < 4.78 is 49.8. The van der Waals surface area contributed by atoms with E-state index in [0.29, 0.717) is 30.7 Å². The Morgan fingerprint density at radius 1 is 1.16 bits per heavy atom. The van der Waals surface area contributed by atoms with Gasteiger partial charge in [0.05, 0.1) is 44.2 Å². The SMILES string of the molecule is CCOP(=O)(CCOC[C@H]1O[C@@H](n2ncc3c(NC4CCCC4)nc(Cl)nc32)[C@@H]2OC(C)(C)O[C@@H]21)OCC. The molecule has 2 saturated heterocycles. The molecule has 12 nitrogen and oxygen atoms in total. The summed E-state index contributed by atoms with van der Waals surface area (Å²) in [6.45, 7) is 8.30. The highest BCUT2D eigenvalue weighted by atomic mass is 35.5. The number of hydrogen-bond donors (Lipinski definition) is 1. The van der Waals surface area contributed by atoms with Gasteiger partial charge in [-0.3, -0.25) is 4.57 Å². The second-order valence-corrected chi connectivity index (χ2v) is 12.7. The summed E-state index contributed by atoms with van der Waals surface area (Å²) in [5, 5.41) is 9.02. The summed E-state index contributed by atoms with van der Waals surface area (Å²) in [5.74, 6) is -0.135. The lowest BCUT2D eigenvalue weighted by Gasteiger charge is -2.24. The lowest BCUT2D eigenvalue weighted by atomic mass is 10.1. The maximum Gasteiger partial charge on any atom is 0.332 e. The van der Waals surface area contributed by atoms with Gasteiger partial charge in [0, 0.05) is 6.04 Å². The Balaban J connectivity index is 1.32. The molecule has 0 spiro atoms. The first-order valence-corrected chi connectivity index (χ1v) is 15.5. The fourth-order valence-electron chi connectivity index (χ4n) is 5.38. The third-order valence-electron chi connectivity index (χ3n) is 6.93. The van der Waals surface area contributed by atoms with Crippen LogP contribution >= 0.6 is 19.2 Å². The second kappa shape index (κ2) is 11.6. The summed E-state index contributed by atoms with van der Waals surface area (Å²) in [7, 11) is -3.19. The number of nitrogens with one attached hydrogen (secondary N) is 1. The van der Waals surface area contributed by atoms with Crippen molar-refractivity contribution in [2.24, 2.45) is 0 Å². The number of anilines is 1. The molecule has 0 bridgehead atoms. The number of aromatic nitrogens is 4. The summed E-state index contributed by atoms with van der Waals surface area (Å²) in [6, 6.07) is 0.356.